The largest absolute Gasteiger partial charge is 0.489 e. The maximum atomic E-state index is 12.9. The molecular weight excluding hydrogens is 408 g/mol. The van der Waals surface area contributed by atoms with Gasteiger partial charge in [0.15, 0.2) is 0 Å². The van der Waals surface area contributed by atoms with Gasteiger partial charge >= 0.3 is 6.09 Å². The van der Waals surface area contributed by atoms with Crippen LogP contribution in [0.3, 0.4) is 0 Å². The molecule has 32 heavy (non-hydrogen) atoms. The van der Waals surface area contributed by atoms with E-state index in [1.807, 2.05) is 47.6 Å². The molecule has 0 unspecified atom stereocenters. The van der Waals surface area contributed by atoms with Crippen LogP contribution in [-0.2, 0) is 9.53 Å². The van der Waals surface area contributed by atoms with Crippen molar-refractivity contribution in [2.24, 2.45) is 0 Å². The molecule has 2 heterocycles. The summed E-state index contributed by atoms with van der Waals surface area (Å²) in [7, 11) is 0. The number of pyridine rings is 1. The van der Waals surface area contributed by atoms with E-state index in [0.29, 0.717) is 25.5 Å². The number of hydrogen-bond donors (Lipinski definition) is 1. The fourth-order valence-corrected chi connectivity index (χ4v) is 4.30. The predicted octanol–water partition coefficient (Wildman–Crippen LogP) is 4.06. The molecular formula is C24H38N4O4. The highest BCUT2D eigenvalue weighted by atomic mass is 16.6. The van der Waals surface area contributed by atoms with Gasteiger partial charge in [0.05, 0.1) is 23.9 Å². The van der Waals surface area contributed by atoms with E-state index in [4.69, 9.17) is 9.47 Å². The van der Waals surface area contributed by atoms with Crippen molar-refractivity contribution in [2.45, 2.75) is 90.5 Å². The Balaban J connectivity index is 1.54. The number of anilines is 1. The van der Waals surface area contributed by atoms with E-state index in [-0.39, 0.29) is 24.1 Å². The second-order valence-electron chi connectivity index (χ2n) is 10.5. The van der Waals surface area contributed by atoms with Gasteiger partial charge in [0.25, 0.3) is 0 Å². The normalized spacial score (nSPS) is 20.6. The van der Waals surface area contributed by atoms with Gasteiger partial charge in [0.2, 0.25) is 5.91 Å². The van der Waals surface area contributed by atoms with Crippen LogP contribution in [0.15, 0.2) is 18.3 Å². The second kappa shape index (κ2) is 9.65. The van der Waals surface area contributed by atoms with E-state index in [9.17, 15) is 9.59 Å². The van der Waals surface area contributed by atoms with Crippen LogP contribution in [0.25, 0.3) is 0 Å². The van der Waals surface area contributed by atoms with Crippen LogP contribution in [0.1, 0.15) is 67.2 Å². The molecule has 0 aromatic carbocycles. The highest BCUT2D eigenvalue weighted by Gasteiger charge is 2.41. The molecule has 0 bridgehead atoms. The first-order valence-corrected chi connectivity index (χ1v) is 11.6. The average molecular weight is 447 g/mol. The van der Waals surface area contributed by atoms with Crippen molar-refractivity contribution >= 4 is 17.8 Å². The van der Waals surface area contributed by atoms with Crippen molar-refractivity contribution in [1.82, 2.24) is 14.8 Å². The molecule has 2 amide bonds. The molecule has 8 heteroatoms. The smallest absolute Gasteiger partial charge is 0.410 e. The zero-order valence-corrected chi connectivity index (χ0v) is 20.3. The molecule has 178 valence electrons. The molecule has 1 saturated carbocycles. The molecule has 1 N–H and O–H groups in total. The molecule has 2 aliphatic rings. The fourth-order valence-electron chi connectivity index (χ4n) is 4.30. The highest BCUT2D eigenvalue weighted by molar-refractivity contribution is 5.93. The number of amides is 2. The summed E-state index contributed by atoms with van der Waals surface area (Å²) in [6, 6.07) is 3.28. The standard InChI is InChI=1S/C24H38N4O4/c1-17(27-13-14-28(24(5,6)16-27)22(30)32-23(2,3)4)21(29)26-20-12-11-19(15-25-20)31-18-9-7-8-10-18/h11-12,15,17-18H,7-10,13-14,16H2,1-6H3,(H,25,26,29)/t17-/m0/s1. The van der Waals surface area contributed by atoms with Crippen molar-refractivity contribution in [3.05, 3.63) is 18.3 Å². The number of ether oxygens (including phenoxy) is 2. The molecule has 8 nitrogen and oxygen atoms in total. The van der Waals surface area contributed by atoms with E-state index >= 15 is 0 Å². The molecule has 3 rings (SSSR count). The number of aromatic nitrogens is 1. The highest BCUT2D eigenvalue weighted by Crippen LogP contribution is 2.26. The maximum Gasteiger partial charge on any atom is 0.410 e. The molecule has 1 atom stereocenters. The van der Waals surface area contributed by atoms with Gasteiger partial charge in [-0.25, -0.2) is 9.78 Å². The third-order valence-corrected chi connectivity index (χ3v) is 6.07. The lowest BCUT2D eigenvalue weighted by atomic mass is 9.98. The van der Waals surface area contributed by atoms with Gasteiger partial charge in [0, 0.05) is 19.6 Å². The van der Waals surface area contributed by atoms with E-state index in [1.165, 1.54) is 12.8 Å². The molecule has 2 fully saturated rings. The van der Waals surface area contributed by atoms with Crippen LogP contribution in [0.2, 0.25) is 0 Å². The SMILES string of the molecule is C[C@@H](C(=O)Nc1ccc(OC2CCCC2)cn1)N1CCN(C(=O)OC(C)(C)C)C(C)(C)C1. The Morgan fingerprint density at radius 3 is 2.44 bits per heavy atom. The van der Waals surface area contributed by atoms with Crippen LogP contribution < -0.4 is 10.1 Å². The molecule has 1 aromatic heterocycles. The van der Waals surface area contributed by atoms with Crippen molar-refractivity contribution in [2.75, 3.05) is 25.0 Å². The van der Waals surface area contributed by atoms with Crippen molar-refractivity contribution in [3.63, 3.8) is 0 Å². The third kappa shape index (κ3) is 6.34. The summed E-state index contributed by atoms with van der Waals surface area (Å²) < 4.78 is 11.5. The zero-order chi connectivity index (χ0) is 23.5. The second-order valence-corrected chi connectivity index (χ2v) is 10.5. The number of piperazine rings is 1. The molecule has 1 aliphatic heterocycles. The van der Waals surface area contributed by atoms with E-state index in [2.05, 4.69) is 15.2 Å². The Hall–Kier alpha value is -2.35. The molecule has 1 saturated heterocycles. The minimum absolute atomic E-state index is 0.122. The minimum atomic E-state index is -0.540. The van der Waals surface area contributed by atoms with Gasteiger partial charge < -0.3 is 19.7 Å². The number of nitrogens with zero attached hydrogens (tertiary/aromatic N) is 3. The van der Waals surface area contributed by atoms with E-state index in [1.54, 1.807) is 17.2 Å². The Labute approximate surface area is 191 Å². The maximum absolute atomic E-state index is 12.9. The quantitative estimate of drug-likeness (QED) is 0.734. The van der Waals surface area contributed by atoms with Crippen molar-refractivity contribution < 1.29 is 19.1 Å². The molecule has 1 aliphatic carbocycles. The fraction of sp³-hybridized carbons (Fsp3) is 0.708. The van der Waals surface area contributed by atoms with E-state index < -0.39 is 11.1 Å². The summed E-state index contributed by atoms with van der Waals surface area (Å²) in [4.78, 5) is 33.7. The Morgan fingerprint density at radius 1 is 1.19 bits per heavy atom. The van der Waals surface area contributed by atoms with Gasteiger partial charge in [-0.1, -0.05) is 0 Å². The summed E-state index contributed by atoms with van der Waals surface area (Å²) in [5.41, 5.74) is -0.991. The third-order valence-electron chi connectivity index (χ3n) is 6.07. The summed E-state index contributed by atoms with van der Waals surface area (Å²) in [5, 5.41) is 2.90. The number of carbonyl (C=O) groups is 2. The predicted molar refractivity (Wildman–Crippen MR) is 124 cm³/mol. The topological polar surface area (TPSA) is 84.0 Å². The van der Waals surface area contributed by atoms with Gasteiger partial charge in [-0.3, -0.25) is 9.69 Å². The number of hydrogen-bond acceptors (Lipinski definition) is 6. The van der Waals surface area contributed by atoms with Gasteiger partial charge in [-0.15, -0.1) is 0 Å². The summed E-state index contributed by atoms with van der Waals surface area (Å²) in [5.74, 6) is 1.12. The van der Waals surface area contributed by atoms with Crippen LogP contribution in [-0.4, -0.2) is 69.7 Å². The van der Waals surface area contributed by atoms with Crippen LogP contribution in [0, 0.1) is 0 Å². The van der Waals surface area contributed by atoms with E-state index in [0.717, 1.165) is 18.6 Å². The lowest BCUT2D eigenvalue weighted by Crippen LogP contribution is -2.64. The van der Waals surface area contributed by atoms with Crippen molar-refractivity contribution in [1.29, 1.82) is 0 Å². The van der Waals surface area contributed by atoms with Crippen LogP contribution in [0.5, 0.6) is 5.75 Å². The molecule has 0 radical (unpaired) electrons. The van der Waals surface area contributed by atoms with Crippen molar-refractivity contribution in [3.8, 4) is 5.75 Å². The summed E-state index contributed by atoms with van der Waals surface area (Å²) in [6.07, 6.45) is 6.24. The number of carbonyl (C=O) groups excluding carboxylic acids is 2. The number of rotatable bonds is 5. The Kier molecular flexibility index (Phi) is 7.32. The van der Waals surface area contributed by atoms with Gasteiger partial charge in [0.1, 0.15) is 17.2 Å². The van der Waals surface area contributed by atoms with Crippen LogP contribution >= 0.6 is 0 Å². The van der Waals surface area contributed by atoms with Crippen LogP contribution in [0.4, 0.5) is 10.6 Å². The summed E-state index contributed by atoms with van der Waals surface area (Å²) in [6.45, 7) is 13.1. The first-order valence-electron chi connectivity index (χ1n) is 11.6. The lowest BCUT2D eigenvalue weighted by molar-refractivity contribution is -0.122. The first-order chi connectivity index (χ1) is 14.9. The Bertz CT molecular complexity index is 797. The lowest BCUT2D eigenvalue weighted by Gasteiger charge is -2.48. The average Bonchev–Trinajstić information content (AvgIpc) is 3.19. The molecule has 1 aromatic rings. The van der Waals surface area contributed by atoms with Gasteiger partial charge in [-0.05, 0) is 79.4 Å². The number of nitrogens with one attached hydrogen (secondary N) is 1. The summed E-state index contributed by atoms with van der Waals surface area (Å²) >= 11 is 0. The first kappa shape index (κ1) is 24.3. The molecule has 0 spiro atoms. The monoisotopic (exact) mass is 446 g/mol. The minimum Gasteiger partial charge on any atom is -0.489 e. The van der Waals surface area contributed by atoms with Gasteiger partial charge in [-0.2, -0.15) is 0 Å². The Morgan fingerprint density at radius 2 is 1.88 bits per heavy atom. The zero-order valence-electron chi connectivity index (χ0n) is 20.3.